The lowest BCUT2D eigenvalue weighted by atomic mass is 10.0. The lowest BCUT2D eigenvalue weighted by Gasteiger charge is -2.08. The number of hydrazone groups is 1. The molecule has 0 unspecified atom stereocenters. The van der Waals surface area contributed by atoms with Gasteiger partial charge in [0.15, 0.2) is 0 Å². The van der Waals surface area contributed by atoms with Gasteiger partial charge in [0, 0.05) is 11.1 Å². The van der Waals surface area contributed by atoms with E-state index in [0.29, 0.717) is 5.92 Å². The van der Waals surface area contributed by atoms with Gasteiger partial charge in [-0.25, -0.2) is 5.43 Å². The van der Waals surface area contributed by atoms with Crippen molar-refractivity contribution in [1.29, 1.82) is 0 Å². The molecule has 0 radical (unpaired) electrons. The monoisotopic (exact) mass is 385 g/mol. The van der Waals surface area contributed by atoms with E-state index in [0.717, 1.165) is 27.6 Å². The Kier molecular flexibility index (Phi) is 6.80. The van der Waals surface area contributed by atoms with Crippen LogP contribution in [-0.4, -0.2) is 18.7 Å². The van der Waals surface area contributed by atoms with Crippen LogP contribution in [0.2, 0.25) is 0 Å². The van der Waals surface area contributed by atoms with Gasteiger partial charge in [-0.2, -0.15) is 5.10 Å². The Hall–Kier alpha value is -3.40. The molecule has 2 N–H and O–H groups in total. The maximum Gasteiger partial charge on any atom is 0.259 e. The van der Waals surface area contributed by atoms with E-state index in [1.807, 2.05) is 43.3 Å². The van der Waals surface area contributed by atoms with Gasteiger partial charge in [0.1, 0.15) is 0 Å². The average Bonchev–Trinajstić information content (AvgIpc) is 2.72. The largest absolute Gasteiger partial charge is 0.376 e. The van der Waals surface area contributed by atoms with Crippen molar-refractivity contribution in [3.63, 3.8) is 0 Å². The highest BCUT2D eigenvalue weighted by Gasteiger charge is 2.03. The van der Waals surface area contributed by atoms with Crippen LogP contribution in [0.15, 0.2) is 77.4 Å². The highest BCUT2D eigenvalue weighted by atomic mass is 16.2. The maximum absolute atomic E-state index is 12.1. The summed E-state index contributed by atoms with van der Waals surface area (Å²) in [7, 11) is 0. The molecule has 4 nitrogen and oxygen atoms in total. The molecule has 3 aromatic rings. The van der Waals surface area contributed by atoms with Crippen molar-refractivity contribution >= 4 is 34.7 Å². The second-order valence-corrected chi connectivity index (χ2v) is 7.38. The minimum atomic E-state index is -0.191. The molecule has 0 aliphatic carbocycles. The molecule has 3 rings (SSSR count). The van der Waals surface area contributed by atoms with Crippen molar-refractivity contribution in [2.24, 2.45) is 5.10 Å². The third-order valence-corrected chi connectivity index (χ3v) is 4.68. The fourth-order valence-corrected chi connectivity index (χ4v) is 3.08. The van der Waals surface area contributed by atoms with Crippen LogP contribution in [-0.2, 0) is 4.79 Å². The molecule has 3 aromatic carbocycles. The van der Waals surface area contributed by atoms with Crippen LogP contribution in [0.4, 0.5) is 5.69 Å². The van der Waals surface area contributed by atoms with Crippen molar-refractivity contribution in [2.45, 2.75) is 26.7 Å². The number of allylic oxidation sites excluding steroid dienone is 1. The summed E-state index contributed by atoms with van der Waals surface area (Å²) in [6.07, 6.45) is 3.69. The average molecular weight is 386 g/mol. The van der Waals surface area contributed by atoms with E-state index < -0.39 is 0 Å². The van der Waals surface area contributed by atoms with Gasteiger partial charge in [-0.3, -0.25) is 4.79 Å². The van der Waals surface area contributed by atoms with Gasteiger partial charge in [-0.05, 0) is 41.0 Å². The lowest BCUT2D eigenvalue weighted by molar-refractivity contribution is -0.119. The van der Waals surface area contributed by atoms with E-state index in [1.54, 1.807) is 6.21 Å². The summed E-state index contributed by atoms with van der Waals surface area (Å²) < 4.78 is 0. The second kappa shape index (κ2) is 9.69. The number of fused-ring (bicyclic) bond motifs is 1. The number of nitrogens with one attached hydrogen (secondary N) is 2. The van der Waals surface area contributed by atoms with Gasteiger partial charge >= 0.3 is 0 Å². The first-order chi connectivity index (χ1) is 14.0. The summed E-state index contributed by atoms with van der Waals surface area (Å²) >= 11 is 0. The quantitative estimate of drug-likeness (QED) is 0.412. The van der Waals surface area contributed by atoms with Crippen molar-refractivity contribution in [2.75, 3.05) is 11.9 Å². The van der Waals surface area contributed by atoms with Crippen molar-refractivity contribution in [3.05, 3.63) is 83.4 Å². The summed E-state index contributed by atoms with van der Waals surface area (Å²) in [6.45, 7) is 6.48. The fraction of sp³-hybridized carbons (Fsp3) is 0.200. The molecule has 0 atom stereocenters. The Balaban J connectivity index is 1.52. The molecule has 0 saturated heterocycles. The number of benzene rings is 3. The van der Waals surface area contributed by atoms with Crippen LogP contribution < -0.4 is 10.7 Å². The number of amides is 1. The van der Waals surface area contributed by atoms with E-state index in [9.17, 15) is 4.79 Å². The van der Waals surface area contributed by atoms with Crippen molar-refractivity contribution < 1.29 is 4.79 Å². The van der Waals surface area contributed by atoms with Crippen LogP contribution in [0.25, 0.3) is 16.8 Å². The zero-order valence-corrected chi connectivity index (χ0v) is 17.1. The summed E-state index contributed by atoms with van der Waals surface area (Å²) in [5.74, 6) is 0.330. The maximum atomic E-state index is 12.1. The van der Waals surface area contributed by atoms with Crippen LogP contribution in [0.1, 0.15) is 37.8 Å². The van der Waals surface area contributed by atoms with Crippen LogP contribution in [0, 0.1) is 0 Å². The topological polar surface area (TPSA) is 53.5 Å². The first-order valence-electron chi connectivity index (χ1n) is 9.85. The van der Waals surface area contributed by atoms with Gasteiger partial charge in [0.05, 0.1) is 12.8 Å². The van der Waals surface area contributed by atoms with Gasteiger partial charge in [0.25, 0.3) is 5.91 Å². The van der Waals surface area contributed by atoms with Crippen LogP contribution in [0.3, 0.4) is 0 Å². The van der Waals surface area contributed by atoms with E-state index in [4.69, 9.17) is 0 Å². The number of hydrogen-bond donors (Lipinski definition) is 2. The molecular weight excluding hydrogens is 358 g/mol. The number of anilines is 1. The molecule has 148 valence electrons. The number of carbonyl (C=O) groups excluding carboxylic acids is 1. The van der Waals surface area contributed by atoms with Gasteiger partial charge < -0.3 is 5.32 Å². The highest BCUT2D eigenvalue weighted by Crippen LogP contribution is 2.22. The highest BCUT2D eigenvalue weighted by molar-refractivity contribution is 5.95. The molecule has 4 heteroatoms. The molecule has 1 amide bonds. The molecule has 0 aromatic heterocycles. The Morgan fingerprint density at radius 1 is 1.00 bits per heavy atom. The molecule has 0 bridgehead atoms. The zero-order valence-electron chi connectivity index (χ0n) is 17.1. The molecular formula is C25H27N3O. The summed E-state index contributed by atoms with van der Waals surface area (Å²) in [6, 6.07) is 22.6. The predicted octanol–water partition coefficient (Wildman–Crippen LogP) is 5.58. The van der Waals surface area contributed by atoms with Crippen LogP contribution in [0.5, 0.6) is 0 Å². The second-order valence-electron chi connectivity index (χ2n) is 7.38. The first-order valence-corrected chi connectivity index (χ1v) is 9.85. The number of nitrogens with zero attached hydrogens (tertiary/aromatic N) is 1. The first kappa shape index (κ1) is 20.3. The summed E-state index contributed by atoms with van der Waals surface area (Å²) in [5.41, 5.74) is 6.90. The Morgan fingerprint density at radius 3 is 2.48 bits per heavy atom. The van der Waals surface area contributed by atoms with E-state index in [-0.39, 0.29) is 12.5 Å². The van der Waals surface area contributed by atoms with Crippen molar-refractivity contribution in [1.82, 2.24) is 5.43 Å². The smallest absolute Gasteiger partial charge is 0.259 e. The summed E-state index contributed by atoms with van der Waals surface area (Å²) in [4.78, 5) is 12.1. The molecule has 29 heavy (non-hydrogen) atoms. The summed E-state index contributed by atoms with van der Waals surface area (Å²) in [5, 5.41) is 9.46. The Labute approximate surface area is 172 Å². The minimum absolute atomic E-state index is 0.158. The third kappa shape index (κ3) is 5.79. The third-order valence-electron chi connectivity index (χ3n) is 4.68. The zero-order chi connectivity index (χ0) is 20.6. The molecule has 0 aliphatic heterocycles. The Bertz CT molecular complexity index is 1030. The predicted molar refractivity (Wildman–Crippen MR) is 123 cm³/mol. The lowest BCUT2D eigenvalue weighted by Crippen LogP contribution is -2.25. The number of rotatable bonds is 7. The molecule has 0 heterocycles. The van der Waals surface area contributed by atoms with E-state index in [1.165, 1.54) is 5.56 Å². The number of hydrogen-bond acceptors (Lipinski definition) is 3. The van der Waals surface area contributed by atoms with Gasteiger partial charge in [-0.1, -0.05) is 80.6 Å². The van der Waals surface area contributed by atoms with Gasteiger partial charge in [-0.15, -0.1) is 0 Å². The van der Waals surface area contributed by atoms with Crippen molar-refractivity contribution in [3.8, 4) is 0 Å². The van der Waals surface area contributed by atoms with E-state index in [2.05, 4.69) is 66.1 Å². The molecule has 0 fully saturated rings. The Morgan fingerprint density at radius 2 is 1.72 bits per heavy atom. The van der Waals surface area contributed by atoms with Gasteiger partial charge in [0.2, 0.25) is 0 Å². The SMILES string of the molecule is C/C(C=NNC(=O)CNc1cccc2ccccc12)=C/c1ccc(C(C)C)cc1. The molecule has 0 aliphatic rings. The normalized spacial score (nSPS) is 11.9. The standard InChI is InChI=1S/C25H27N3O/c1-18(2)21-13-11-20(12-14-21)15-19(3)16-27-28-25(29)17-26-24-10-6-8-22-7-4-5-9-23(22)24/h4-16,18,26H,17H2,1-3H3,(H,28,29)/b19-15-,27-16?. The number of carbonyl (C=O) groups is 1. The van der Waals surface area contributed by atoms with E-state index >= 15 is 0 Å². The fourth-order valence-electron chi connectivity index (χ4n) is 3.08. The molecule has 0 saturated carbocycles. The van der Waals surface area contributed by atoms with Crippen LogP contribution >= 0.6 is 0 Å². The minimum Gasteiger partial charge on any atom is -0.376 e. The molecule has 0 spiro atoms.